The number of carbonyl (C=O) groups is 1. The lowest BCUT2D eigenvalue weighted by Gasteiger charge is -2.43. The van der Waals surface area contributed by atoms with Crippen molar-refractivity contribution in [2.45, 2.75) is 32.9 Å². The molecule has 1 amide bonds. The van der Waals surface area contributed by atoms with Crippen LogP contribution in [-0.4, -0.2) is 72.5 Å². The van der Waals surface area contributed by atoms with Crippen LogP contribution >= 0.6 is 0 Å². The molecule has 0 aliphatic carbocycles. The molecule has 0 radical (unpaired) electrons. The summed E-state index contributed by atoms with van der Waals surface area (Å²) in [7, 11) is -3.17. The zero-order chi connectivity index (χ0) is 19.1. The molecule has 2 aliphatic rings. The van der Waals surface area contributed by atoms with Crippen molar-refractivity contribution in [1.29, 1.82) is 0 Å². The monoisotopic (exact) mass is 378 g/mol. The van der Waals surface area contributed by atoms with Crippen molar-refractivity contribution in [2.24, 2.45) is 0 Å². The molecule has 2 fully saturated rings. The summed E-state index contributed by atoms with van der Waals surface area (Å²) >= 11 is 0. The molecule has 0 bridgehead atoms. The van der Waals surface area contributed by atoms with E-state index in [1.54, 1.807) is 30.0 Å². The van der Waals surface area contributed by atoms with Crippen molar-refractivity contribution >= 4 is 15.7 Å². The fourth-order valence-corrected chi connectivity index (χ4v) is 5.83. The largest absolute Gasteiger partial charge is 0.508 e. The average molecular weight is 378 g/mol. The molecule has 2 saturated heterocycles. The van der Waals surface area contributed by atoms with Gasteiger partial charge in [-0.15, -0.1) is 0 Å². The zero-order valence-corrected chi connectivity index (χ0v) is 16.3. The van der Waals surface area contributed by atoms with E-state index in [0.717, 1.165) is 0 Å². The fraction of sp³-hybridized carbons (Fsp3) is 0.526. The number of fused-ring (bicyclic) bond motifs is 1. The number of phenols is 1. The molecule has 2 atom stereocenters. The summed E-state index contributed by atoms with van der Waals surface area (Å²) in [6.07, 6.45) is 2.10. The third-order valence-electron chi connectivity index (χ3n) is 5.32. The van der Waals surface area contributed by atoms with Crippen LogP contribution in [0.2, 0.25) is 0 Å². The number of nitrogens with zero attached hydrogens (tertiary/aromatic N) is 2. The Bertz CT molecular complexity index is 843. The number of carbonyl (C=O) groups excluding carboxylic acids is 1. The summed E-state index contributed by atoms with van der Waals surface area (Å²) in [6, 6.07) is 4.36. The van der Waals surface area contributed by atoms with E-state index in [1.165, 1.54) is 5.57 Å². The van der Waals surface area contributed by atoms with Crippen LogP contribution in [0.15, 0.2) is 29.8 Å². The molecule has 0 unspecified atom stereocenters. The number of hydrogen-bond donors (Lipinski definition) is 1. The van der Waals surface area contributed by atoms with Crippen LogP contribution in [0.25, 0.3) is 0 Å². The van der Waals surface area contributed by atoms with Gasteiger partial charge >= 0.3 is 0 Å². The number of sulfone groups is 1. The Balaban J connectivity index is 1.89. The highest BCUT2D eigenvalue weighted by atomic mass is 32.2. The quantitative estimate of drug-likeness (QED) is 0.808. The van der Waals surface area contributed by atoms with Gasteiger partial charge in [-0.3, -0.25) is 9.69 Å². The van der Waals surface area contributed by atoms with Crippen molar-refractivity contribution in [3.8, 4) is 5.75 Å². The molecule has 6 nitrogen and oxygen atoms in total. The first-order valence-corrected chi connectivity index (χ1v) is 10.7. The molecule has 142 valence electrons. The Hall–Kier alpha value is -1.86. The van der Waals surface area contributed by atoms with Crippen molar-refractivity contribution in [2.75, 3.05) is 31.1 Å². The van der Waals surface area contributed by atoms with E-state index in [0.29, 0.717) is 30.8 Å². The number of phenolic OH excluding ortho intramolecular Hbond substituents is 1. The van der Waals surface area contributed by atoms with E-state index < -0.39 is 9.84 Å². The summed E-state index contributed by atoms with van der Waals surface area (Å²) in [6.45, 7) is 7.58. The van der Waals surface area contributed by atoms with Gasteiger partial charge in [-0.2, -0.15) is 0 Å². The van der Waals surface area contributed by atoms with E-state index in [9.17, 15) is 18.3 Å². The first kappa shape index (κ1) is 18.9. The molecule has 2 heterocycles. The number of piperazine rings is 1. The van der Waals surface area contributed by atoms with Crippen LogP contribution in [0.3, 0.4) is 0 Å². The maximum Gasteiger partial charge on any atom is 0.254 e. The molecule has 0 spiro atoms. The van der Waals surface area contributed by atoms with Gasteiger partial charge in [0.25, 0.3) is 5.91 Å². The van der Waals surface area contributed by atoms with Gasteiger partial charge in [0.15, 0.2) is 9.84 Å². The number of aromatic hydroxyl groups is 1. The van der Waals surface area contributed by atoms with Gasteiger partial charge in [0.2, 0.25) is 0 Å². The van der Waals surface area contributed by atoms with Crippen LogP contribution in [0.5, 0.6) is 5.75 Å². The second-order valence-electron chi connectivity index (χ2n) is 7.44. The van der Waals surface area contributed by atoms with Crippen LogP contribution in [-0.2, 0) is 9.84 Å². The predicted octanol–water partition coefficient (Wildman–Crippen LogP) is 1.59. The van der Waals surface area contributed by atoms with Gasteiger partial charge in [-0.05, 0) is 32.9 Å². The van der Waals surface area contributed by atoms with Gasteiger partial charge < -0.3 is 10.0 Å². The maximum absolute atomic E-state index is 13.1. The van der Waals surface area contributed by atoms with Crippen molar-refractivity contribution < 1.29 is 18.3 Å². The van der Waals surface area contributed by atoms with Crippen LogP contribution in [0.4, 0.5) is 0 Å². The zero-order valence-electron chi connectivity index (χ0n) is 15.5. The number of allylic oxidation sites excluding steroid dienone is 1. The lowest BCUT2D eigenvalue weighted by atomic mass is 10.0. The number of amides is 1. The lowest BCUT2D eigenvalue weighted by molar-refractivity contribution is 0.0367. The highest BCUT2D eigenvalue weighted by molar-refractivity contribution is 7.91. The smallest absolute Gasteiger partial charge is 0.254 e. The molecule has 7 heteroatoms. The molecule has 0 aromatic heterocycles. The Morgan fingerprint density at radius 2 is 1.92 bits per heavy atom. The van der Waals surface area contributed by atoms with Gasteiger partial charge in [0, 0.05) is 36.8 Å². The van der Waals surface area contributed by atoms with E-state index in [4.69, 9.17) is 0 Å². The lowest BCUT2D eigenvalue weighted by Crippen LogP contribution is -2.60. The van der Waals surface area contributed by atoms with Crippen LogP contribution < -0.4 is 0 Å². The number of benzene rings is 1. The summed E-state index contributed by atoms with van der Waals surface area (Å²) in [5.74, 6) is -0.0232. The Labute approximate surface area is 155 Å². The van der Waals surface area contributed by atoms with Crippen molar-refractivity contribution in [3.05, 3.63) is 41.0 Å². The second-order valence-corrected chi connectivity index (χ2v) is 9.59. The van der Waals surface area contributed by atoms with Gasteiger partial charge in [-0.1, -0.05) is 17.7 Å². The summed E-state index contributed by atoms with van der Waals surface area (Å²) in [4.78, 5) is 16.9. The first-order chi connectivity index (χ1) is 12.2. The van der Waals surface area contributed by atoms with E-state index >= 15 is 0 Å². The summed E-state index contributed by atoms with van der Waals surface area (Å²) in [5.41, 5.74) is 2.16. The van der Waals surface area contributed by atoms with Gasteiger partial charge in [0.05, 0.1) is 17.5 Å². The Kier molecular flexibility index (Phi) is 5.12. The van der Waals surface area contributed by atoms with E-state index in [1.807, 2.05) is 13.8 Å². The number of hydrogen-bond acceptors (Lipinski definition) is 5. The molecule has 1 N–H and O–H groups in total. The third-order valence-corrected chi connectivity index (χ3v) is 7.02. The minimum atomic E-state index is -3.17. The molecule has 3 rings (SSSR count). The normalized spacial score (nSPS) is 25.0. The van der Waals surface area contributed by atoms with Crippen molar-refractivity contribution in [3.63, 3.8) is 0 Å². The highest BCUT2D eigenvalue weighted by Crippen LogP contribution is 2.30. The summed E-state index contributed by atoms with van der Waals surface area (Å²) < 4.78 is 24.6. The first-order valence-electron chi connectivity index (χ1n) is 8.87. The van der Waals surface area contributed by atoms with Crippen molar-refractivity contribution in [1.82, 2.24) is 9.80 Å². The topological polar surface area (TPSA) is 77.9 Å². The molecule has 26 heavy (non-hydrogen) atoms. The minimum Gasteiger partial charge on any atom is -0.508 e. The molecule has 2 aliphatic heterocycles. The van der Waals surface area contributed by atoms with Gasteiger partial charge in [-0.25, -0.2) is 8.42 Å². The molecule has 1 aromatic rings. The predicted molar refractivity (Wildman–Crippen MR) is 101 cm³/mol. The third kappa shape index (κ3) is 3.64. The minimum absolute atomic E-state index is 0.00654. The van der Waals surface area contributed by atoms with Crippen LogP contribution in [0.1, 0.15) is 29.8 Å². The standard InChI is InChI=1S/C19H26N2O4S/c1-13(2)7-8-20-9-10-21(17-12-26(24,25)11-16(17)20)19(23)15-5-4-6-18(22)14(15)3/h4-7,16-17,22H,8-12H2,1-3H3/t16-,17+/m0/s1. The molecular weight excluding hydrogens is 352 g/mol. The fourth-order valence-electron chi connectivity index (χ4n) is 3.81. The summed E-state index contributed by atoms with van der Waals surface area (Å²) in [5, 5.41) is 9.90. The van der Waals surface area contributed by atoms with Crippen LogP contribution in [0, 0.1) is 6.92 Å². The number of rotatable bonds is 3. The highest BCUT2D eigenvalue weighted by Gasteiger charge is 2.47. The van der Waals surface area contributed by atoms with E-state index in [-0.39, 0.29) is 35.2 Å². The Morgan fingerprint density at radius 3 is 2.62 bits per heavy atom. The van der Waals surface area contributed by atoms with E-state index in [2.05, 4.69) is 11.0 Å². The second kappa shape index (κ2) is 7.04. The Morgan fingerprint density at radius 1 is 1.23 bits per heavy atom. The molecular formula is C19H26N2O4S. The average Bonchev–Trinajstić information content (AvgIpc) is 2.89. The molecule has 0 saturated carbocycles. The molecule has 1 aromatic carbocycles. The SMILES string of the molecule is CC(C)=CCN1CCN(C(=O)c2cccc(O)c2C)[C@@H]2CS(=O)(=O)C[C@@H]21. The van der Waals surface area contributed by atoms with Gasteiger partial charge in [0.1, 0.15) is 5.75 Å². The maximum atomic E-state index is 13.1.